The smallest absolute Gasteiger partial charge is 0.460 e. The monoisotopic (exact) mass is 718 g/mol. The van der Waals surface area contributed by atoms with Crippen LogP contribution in [0.4, 0.5) is 110 Å². The maximum absolute atomic E-state index is 13.9. The Hall–Kier alpha value is -2.54. The third-order valence-electron chi connectivity index (χ3n) is 5.66. The predicted octanol–water partition coefficient (Wildman–Crippen LogP) is 8.81. The molecule has 1 N–H and O–H groups in total. The van der Waals surface area contributed by atoms with Gasteiger partial charge in [0.05, 0.1) is 5.92 Å². The van der Waals surface area contributed by atoms with E-state index < -0.39 is 95.7 Å². The highest BCUT2D eigenvalue weighted by atomic mass is 19.4. The van der Waals surface area contributed by atoms with E-state index in [1.807, 2.05) is 6.58 Å². The molecule has 0 aliphatic rings. The van der Waals surface area contributed by atoms with Gasteiger partial charge in [0.1, 0.15) is 0 Å². The van der Waals surface area contributed by atoms with Crippen LogP contribution in [0.2, 0.25) is 0 Å². The van der Waals surface area contributed by atoms with Crippen LogP contribution in [0.25, 0.3) is 0 Å². The van der Waals surface area contributed by atoms with Gasteiger partial charge in [0.15, 0.2) is 0 Å². The number of rotatable bonds is 13. The first kappa shape index (κ1) is 41.5. The minimum atomic E-state index is -9.67. The normalized spacial score (nSPS) is 17.0. The Bertz CT molecular complexity index is 1110. The first-order chi connectivity index (χ1) is 18.5. The van der Waals surface area contributed by atoms with Gasteiger partial charge in [-0.1, -0.05) is 13.5 Å². The van der Waals surface area contributed by atoms with Gasteiger partial charge in [-0.3, -0.25) is 0 Å². The molecule has 27 heteroatoms. The van der Waals surface area contributed by atoms with Crippen LogP contribution in [-0.2, 0) is 4.79 Å². The summed E-state index contributed by atoms with van der Waals surface area (Å²) in [6.45, 7) is 1.44. The van der Waals surface area contributed by atoms with Crippen LogP contribution in [0.3, 0.4) is 0 Å². The lowest BCUT2D eigenvalue weighted by Crippen LogP contribution is -2.78. The van der Waals surface area contributed by atoms with E-state index in [9.17, 15) is 115 Å². The van der Waals surface area contributed by atoms with Crippen molar-refractivity contribution in [2.45, 2.75) is 78.2 Å². The lowest BCUT2D eigenvalue weighted by molar-refractivity contribution is -0.482. The number of hydrogen-bond donors (Lipinski definition) is 1. The van der Waals surface area contributed by atoms with Gasteiger partial charge in [-0.25, -0.2) is 4.79 Å². The Morgan fingerprint density at radius 1 is 0.432 bits per heavy atom. The van der Waals surface area contributed by atoms with Crippen molar-refractivity contribution in [3.05, 3.63) is 12.2 Å². The SMILES string of the molecule is C=C(C(=O)O)C(C)C(F)(F)C(F)(F)C(F)(F)C(F)(F)C(F)(F)C(F)(F)C(F)(F)C(F)(F)C(F)(F)C(F)(F)C(F)(F)C(F)(F)F. The lowest BCUT2D eigenvalue weighted by Gasteiger charge is -2.46. The quantitative estimate of drug-likeness (QED) is 0.153. The van der Waals surface area contributed by atoms with Gasteiger partial charge in [-0.2, -0.15) is 110 Å². The van der Waals surface area contributed by atoms with Crippen molar-refractivity contribution in [1.82, 2.24) is 0 Å². The summed E-state index contributed by atoms with van der Waals surface area (Å²) < 4.78 is 335. The highest BCUT2D eigenvalue weighted by molar-refractivity contribution is 5.86. The Labute approximate surface area is 223 Å². The molecule has 0 radical (unpaired) electrons. The van der Waals surface area contributed by atoms with E-state index in [2.05, 4.69) is 0 Å². The van der Waals surface area contributed by atoms with E-state index in [0.29, 0.717) is 0 Å². The third kappa shape index (κ3) is 4.78. The number of halogens is 25. The standard InChI is InChI=1S/C17H7F25O2/c1-3(5(43)44)4(2)6(18,19)7(20,21)8(22,23)9(24,25)10(26,27)11(28,29)12(30,31)13(32,33)14(34,35)15(36,37)16(38,39)17(40,41)42/h4H,1H2,2H3,(H,43,44). The van der Waals surface area contributed by atoms with Gasteiger partial charge in [0.25, 0.3) is 0 Å². The second-order valence-corrected chi connectivity index (χ2v) is 8.42. The van der Waals surface area contributed by atoms with Crippen LogP contribution in [0.1, 0.15) is 6.92 Å². The molecule has 0 rings (SSSR count). The summed E-state index contributed by atoms with van der Waals surface area (Å²) in [5, 5.41) is 8.35. The molecule has 44 heavy (non-hydrogen) atoms. The van der Waals surface area contributed by atoms with Gasteiger partial charge in [-0.05, 0) is 0 Å². The molecule has 262 valence electrons. The van der Waals surface area contributed by atoms with Crippen LogP contribution in [0, 0.1) is 5.92 Å². The van der Waals surface area contributed by atoms with E-state index in [1.54, 1.807) is 0 Å². The van der Waals surface area contributed by atoms with Crippen molar-refractivity contribution in [2.75, 3.05) is 0 Å². The summed E-state index contributed by atoms with van der Waals surface area (Å²) in [4.78, 5) is 10.5. The number of carboxylic acids is 1. The minimum Gasteiger partial charge on any atom is -0.478 e. The second kappa shape index (κ2) is 10.2. The number of carbonyl (C=O) groups is 1. The molecular weight excluding hydrogens is 711 g/mol. The van der Waals surface area contributed by atoms with Gasteiger partial charge < -0.3 is 5.11 Å². The molecule has 0 aromatic heterocycles. The Kier molecular flexibility index (Phi) is 9.64. The number of alkyl halides is 25. The molecule has 1 atom stereocenters. The summed E-state index contributed by atoms with van der Waals surface area (Å²) in [6.07, 6.45) is -8.20. The van der Waals surface area contributed by atoms with Crippen LogP contribution in [-0.4, -0.2) is 82.4 Å². The van der Waals surface area contributed by atoms with Gasteiger partial charge in [-0.15, -0.1) is 0 Å². The fraction of sp³-hybridized carbons (Fsp3) is 0.824. The molecule has 0 amide bonds. The minimum absolute atomic E-state index is 0.612. The molecular formula is C17H7F25O2. The summed E-state index contributed by atoms with van der Waals surface area (Å²) in [5.41, 5.74) is -2.36. The molecule has 0 aliphatic heterocycles. The summed E-state index contributed by atoms with van der Waals surface area (Å²) >= 11 is 0. The number of hydrogen-bond acceptors (Lipinski definition) is 1. The van der Waals surface area contributed by atoms with E-state index in [4.69, 9.17) is 5.11 Å². The maximum atomic E-state index is 13.9. The highest BCUT2D eigenvalue weighted by Gasteiger charge is 2.99. The molecule has 0 fully saturated rings. The number of aliphatic carboxylic acids is 1. The van der Waals surface area contributed by atoms with Crippen molar-refractivity contribution < 1.29 is 120 Å². The highest BCUT2D eigenvalue weighted by Crippen LogP contribution is 2.68. The van der Waals surface area contributed by atoms with E-state index in [0.717, 1.165) is 0 Å². The average Bonchev–Trinajstić information content (AvgIpc) is 2.80. The zero-order chi connectivity index (χ0) is 36.7. The first-order valence-electron chi connectivity index (χ1n) is 9.66. The third-order valence-corrected chi connectivity index (χ3v) is 5.66. The predicted molar refractivity (Wildman–Crippen MR) is 86.4 cm³/mol. The molecule has 0 saturated heterocycles. The van der Waals surface area contributed by atoms with Crippen molar-refractivity contribution in [2.24, 2.45) is 5.92 Å². The molecule has 0 aliphatic carbocycles. The van der Waals surface area contributed by atoms with Crippen molar-refractivity contribution >= 4 is 5.97 Å². The molecule has 0 bridgehead atoms. The van der Waals surface area contributed by atoms with E-state index in [-0.39, 0.29) is 0 Å². The van der Waals surface area contributed by atoms with Crippen LogP contribution in [0.15, 0.2) is 12.2 Å². The Balaban J connectivity index is 7.42. The topological polar surface area (TPSA) is 37.3 Å². The Morgan fingerprint density at radius 2 is 0.614 bits per heavy atom. The molecule has 0 heterocycles. The maximum Gasteiger partial charge on any atom is 0.460 e. The van der Waals surface area contributed by atoms with Crippen molar-refractivity contribution in [3.8, 4) is 0 Å². The van der Waals surface area contributed by atoms with Crippen molar-refractivity contribution in [1.29, 1.82) is 0 Å². The number of carboxylic acid groups (broad SMARTS) is 1. The van der Waals surface area contributed by atoms with Crippen molar-refractivity contribution in [3.63, 3.8) is 0 Å². The molecule has 0 saturated carbocycles. The average molecular weight is 718 g/mol. The fourth-order valence-electron chi connectivity index (χ4n) is 2.64. The summed E-state index contributed by atoms with van der Waals surface area (Å²) in [5.74, 6) is -107. The van der Waals surface area contributed by atoms with Crippen LogP contribution >= 0.6 is 0 Å². The van der Waals surface area contributed by atoms with E-state index in [1.165, 1.54) is 0 Å². The molecule has 0 spiro atoms. The molecule has 1 unspecified atom stereocenters. The Morgan fingerprint density at radius 3 is 0.795 bits per heavy atom. The zero-order valence-corrected chi connectivity index (χ0v) is 19.6. The second-order valence-electron chi connectivity index (χ2n) is 8.42. The van der Waals surface area contributed by atoms with E-state index >= 15 is 0 Å². The van der Waals surface area contributed by atoms with Gasteiger partial charge >= 0.3 is 77.3 Å². The molecule has 0 aromatic rings. The lowest BCUT2D eigenvalue weighted by atomic mass is 9.82. The zero-order valence-electron chi connectivity index (χ0n) is 19.6. The van der Waals surface area contributed by atoms with Crippen LogP contribution in [0.5, 0.6) is 0 Å². The van der Waals surface area contributed by atoms with Gasteiger partial charge in [0.2, 0.25) is 0 Å². The van der Waals surface area contributed by atoms with Crippen LogP contribution < -0.4 is 0 Å². The summed E-state index contributed by atoms with van der Waals surface area (Å²) in [7, 11) is 0. The molecule has 0 aromatic carbocycles. The molecule has 2 nitrogen and oxygen atoms in total. The largest absolute Gasteiger partial charge is 0.478 e. The van der Waals surface area contributed by atoms with Gasteiger partial charge in [0, 0.05) is 5.57 Å². The fourth-order valence-corrected chi connectivity index (χ4v) is 2.64. The first-order valence-corrected chi connectivity index (χ1v) is 9.66. The summed E-state index contributed by atoms with van der Waals surface area (Å²) in [6, 6.07) is 0.